The van der Waals surface area contributed by atoms with Crippen LogP contribution >= 0.6 is 0 Å². The van der Waals surface area contributed by atoms with E-state index in [2.05, 4.69) is 50.2 Å². The maximum Gasteiger partial charge on any atom is 0.0196 e. The van der Waals surface area contributed by atoms with Crippen molar-refractivity contribution in [1.82, 2.24) is 4.90 Å². The normalized spacial score (nSPS) is 26.5. The third-order valence-corrected chi connectivity index (χ3v) is 3.22. The van der Waals surface area contributed by atoms with Gasteiger partial charge in [0, 0.05) is 6.04 Å². The Kier molecular flexibility index (Phi) is 2.12. The summed E-state index contributed by atoms with van der Waals surface area (Å²) in [5, 5.41) is 0. The molecule has 0 saturated heterocycles. The van der Waals surface area contributed by atoms with Gasteiger partial charge >= 0.3 is 0 Å². The van der Waals surface area contributed by atoms with Crippen LogP contribution in [0.1, 0.15) is 24.0 Å². The molecule has 1 nitrogen and oxygen atoms in total. The third-order valence-electron chi connectivity index (χ3n) is 3.22. The Morgan fingerprint density at radius 1 is 1.23 bits per heavy atom. The van der Waals surface area contributed by atoms with Gasteiger partial charge in [0.05, 0.1) is 0 Å². The van der Waals surface area contributed by atoms with Crippen LogP contribution in [0.5, 0.6) is 0 Å². The molecule has 0 fully saturated rings. The lowest BCUT2D eigenvalue weighted by Gasteiger charge is -2.23. The van der Waals surface area contributed by atoms with Crippen molar-refractivity contribution in [3.8, 4) is 0 Å². The summed E-state index contributed by atoms with van der Waals surface area (Å²) >= 11 is 0. The van der Waals surface area contributed by atoms with E-state index in [-0.39, 0.29) is 0 Å². The van der Waals surface area contributed by atoms with E-state index in [1.54, 1.807) is 5.56 Å². The first-order chi connectivity index (χ1) is 6.20. The molecular weight excluding hydrogens is 158 g/mol. The zero-order valence-corrected chi connectivity index (χ0v) is 8.62. The molecule has 13 heavy (non-hydrogen) atoms. The average Bonchev–Trinajstić information content (AvgIpc) is 2.45. The highest BCUT2D eigenvalue weighted by Crippen LogP contribution is 2.34. The van der Waals surface area contributed by atoms with Gasteiger partial charge in [0.1, 0.15) is 0 Å². The molecule has 0 N–H and O–H groups in total. The molecule has 1 heteroatoms. The van der Waals surface area contributed by atoms with Crippen molar-refractivity contribution in [2.75, 3.05) is 14.1 Å². The van der Waals surface area contributed by atoms with E-state index in [0.29, 0.717) is 12.0 Å². The Labute approximate surface area is 80.4 Å². The molecule has 0 saturated carbocycles. The monoisotopic (exact) mass is 175 g/mol. The first kappa shape index (κ1) is 8.76. The predicted molar refractivity (Wildman–Crippen MR) is 56.0 cm³/mol. The Morgan fingerprint density at radius 3 is 2.54 bits per heavy atom. The van der Waals surface area contributed by atoms with Crippen molar-refractivity contribution in [3.05, 3.63) is 35.4 Å². The van der Waals surface area contributed by atoms with Crippen molar-refractivity contribution in [1.29, 1.82) is 0 Å². The molecule has 1 aliphatic rings. The van der Waals surface area contributed by atoms with E-state index in [1.807, 2.05) is 0 Å². The predicted octanol–water partition coefficient (Wildman–Crippen LogP) is 2.28. The van der Waals surface area contributed by atoms with Gasteiger partial charge in [0.15, 0.2) is 0 Å². The highest BCUT2D eigenvalue weighted by Gasteiger charge is 2.29. The molecule has 0 aliphatic heterocycles. The second kappa shape index (κ2) is 3.15. The van der Waals surface area contributed by atoms with Crippen molar-refractivity contribution in [2.24, 2.45) is 0 Å². The molecule has 0 amide bonds. The summed E-state index contributed by atoms with van der Waals surface area (Å²) in [6.45, 7) is 2.33. The number of nitrogens with zero attached hydrogens (tertiary/aromatic N) is 1. The molecule has 0 spiro atoms. The average molecular weight is 175 g/mol. The van der Waals surface area contributed by atoms with Gasteiger partial charge in [-0.05, 0) is 37.6 Å². The summed E-state index contributed by atoms with van der Waals surface area (Å²) in [4.78, 5) is 2.34. The lowest BCUT2D eigenvalue weighted by Crippen LogP contribution is -2.30. The Morgan fingerprint density at radius 2 is 1.92 bits per heavy atom. The highest BCUT2D eigenvalue weighted by atomic mass is 15.1. The minimum atomic E-state index is 0.686. The van der Waals surface area contributed by atoms with Gasteiger partial charge in [0.25, 0.3) is 0 Å². The molecule has 0 heterocycles. The Balaban J connectivity index is 2.32. The standard InChI is InChI=1S/C12H17N/c1-9-11-7-5-4-6-10(11)8-12(9)13(2)3/h4-7,9,12H,8H2,1-3H3/t9-,12?/m1/s1. The molecule has 0 aromatic heterocycles. The minimum absolute atomic E-state index is 0.686. The summed E-state index contributed by atoms with van der Waals surface area (Å²) in [5.74, 6) is 0.686. The van der Waals surface area contributed by atoms with Crippen molar-refractivity contribution in [3.63, 3.8) is 0 Å². The van der Waals surface area contributed by atoms with Crippen LogP contribution < -0.4 is 0 Å². The quantitative estimate of drug-likeness (QED) is 0.633. The third kappa shape index (κ3) is 1.37. The summed E-state index contributed by atoms with van der Waals surface area (Å²) in [5.41, 5.74) is 3.08. The SMILES string of the molecule is C[C@@H]1c2ccccc2CC1N(C)C. The minimum Gasteiger partial charge on any atom is -0.306 e. The molecule has 1 aliphatic carbocycles. The largest absolute Gasteiger partial charge is 0.306 e. The first-order valence-corrected chi connectivity index (χ1v) is 4.94. The molecule has 0 bridgehead atoms. The molecule has 1 unspecified atom stereocenters. The van der Waals surface area contributed by atoms with Crippen molar-refractivity contribution in [2.45, 2.75) is 25.3 Å². The van der Waals surface area contributed by atoms with E-state index < -0.39 is 0 Å². The van der Waals surface area contributed by atoms with Crippen molar-refractivity contribution < 1.29 is 0 Å². The fourth-order valence-corrected chi connectivity index (χ4v) is 2.40. The molecule has 1 aromatic rings. The summed E-state index contributed by atoms with van der Waals surface area (Å²) in [7, 11) is 4.35. The van der Waals surface area contributed by atoms with Crippen LogP contribution in [0.4, 0.5) is 0 Å². The van der Waals surface area contributed by atoms with E-state index >= 15 is 0 Å². The molecule has 70 valence electrons. The maximum absolute atomic E-state index is 2.34. The molecule has 0 radical (unpaired) electrons. The van der Waals surface area contributed by atoms with Gasteiger partial charge in [-0.25, -0.2) is 0 Å². The smallest absolute Gasteiger partial charge is 0.0196 e. The van der Waals surface area contributed by atoms with Crippen LogP contribution in [-0.4, -0.2) is 25.0 Å². The molecule has 1 aromatic carbocycles. The zero-order chi connectivity index (χ0) is 9.42. The van der Waals surface area contributed by atoms with Gasteiger partial charge in [-0.1, -0.05) is 31.2 Å². The van der Waals surface area contributed by atoms with E-state index in [0.717, 1.165) is 0 Å². The van der Waals surface area contributed by atoms with Crippen LogP contribution in [0.2, 0.25) is 0 Å². The summed E-state index contributed by atoms with van der Waals surface area (Å²) in [6.07, 6.45) is 1.21. The van der Waals surface area contributed by atoms with Gasteiger partial charge in [0.2, 0.25) is 0 Å². The first-order valence-electron chi connectivity index (χ1n) is 4.94. The fourth-order valence-electron chi connectivity index (χ4n) is 2.40. The number of hydrogen-bond acceptors (Lipinski definition) is 1. The number of hydrogen-bond donors (Lipinski definition) is 0. The van der Waals surface area contributed by atoms with E-state index in [4.69, 9.17) is 0 Å². The molecular formula is C12H17N. The molecule has 2 rings (SSSR count). The van der Waals surface area contributed by atoms with Crippen LogP contribution in [0.15, 0.2) is 24.3 Å². The lowest BCUT2D eigenvalue weighted by atomic mass is 10.0. The number of benzene rings is 1. The Bertz CT molecular complexity index is 304. The molecule has 2 atom stereocenters. The number of fused-ring (bicyclic) bond motifs is 1. The number of likely N-dealkylation sites (N-methyl/N-ethyl adjacent to an activating group) is 1. The summed E-state index contributed by atoms with van der Waals surface area (Å²) in [6, 6.07) is 9.51. The highest BCUT2D eigenvalue weighted by molar-refractivity contribution is 5.36. The van der Waals surface area contributed by atoms with Crippen LogP contribution in [0, 0.1) is 0 Å². The summed E-state index contributed by atoms with van der Waals surface area (Å²) < 4.78 is 0. The maximum atomic E-state index is 2.34. The topological polar surface area (TPSA) is 3.24 Å². The fraction of sp³-hybridized carbons (Fsp3) is 0.500. The van der Waals surface area contributed by atoms with E-state index in [1.165, 1.54) is 12.0 Å². The van der Waals surface area contributed by atoms with Gasteiger partial charge < -0.3 is 4.90 Å². The van der Waals surface area contributed by atoms with Crippen LogP contribution in [0.25, 0.3) is 0 Å². The van der Waals surface area contributed by atoms with E-state index in [9.17, 15) is 0 Å². The lowest BCUT2D eigenvalue weighted by molar-refractivity contribution is 0.275. The van der Waals surface area contributed by atoms with Gasteiger partial charge in [-0.3, -0.25) is 0 Å². The zero-order valence-electron chi connectivity index (χ0n) is 8.62. The van der Waals surface area contributed by atoms with Gasteiger partial charge in [-0.15, -0.1) is 0 Å². The second-order valence-electron chi connectivity index (χ2n) is 4.22. The Hall–Kier alpha value is -0.820. The van der Waals surface area contributed by atoms with Gasteiger partial charge in [-0.2, -0.15) is 0 Å². The number of rotatable bonds is 1. The second-order valence-corrected chi connectivity index (χ2v) is 4.22. The van der Waals surface area contributed by atoms with Crippen molar-refractivity contribution >= 4 is 0 Å². The van der Waals surface area contributed by atoms with Crippen LogP contribution in [-0.2, 0) is 6.42 Å². The van der Waals surface area contributed by atoms with Crippen LogP contribution in [0.3, 0.4) is 0 Å².